The van der Waals surface area contributed by atoms with E-state index in [0.717, 1.165) is 18.8 Å². The van der Waals surface area contributed by atoms with Crippen LogP contribution in [0.4, 0.5) is 0 Å². The molecule has 0 aromatic rings. The lowest BCUT2D eigenvalue weighted by molar-refractivity contribution is 0.260. The van der Waals surface area contributed by atoms with Crippen LogP contribution in [0.15, 0.2) is 24.1 Å². The summed E-state index contributed by atoms with van der Waals surface area (Å²) < 4.78 is 5.30. The number of rotatable bonds is 0. The summed E-state index contributed by atoms with van der Waals surface area (Å²) in [4.78, 5) is 0. The highest BCUT2D eigenvalue weighted by Crippen LogP contribution is 2.19. The molecule has 56 valence electrons. The fraction of sp³-hybridized carbons (Fsp3) is 0.429. The molecule has 10 heavy (non-hydrogen) atoms. The summed E-state index contributed by atoms with van der Waals surface area (Å²) in [5, 5.41) is 3.21. The minimum atomic E-state index is 0. The van der Waals surface area contributed by atoms with Gasteiger partial charge in [0, 0.05) is 6.42 Å². The summed E-state index contributed by atoms with van der Waals surface area (Å²) in [5.41, 5.74) is 0. The van der Waals surface area contributed by atoms with Gasteiger partial charge in [-0.05, 0) is 18.4 Å². The van der Waals surface area contributed by atoms with Crippen LogP contribution in [-0.4, -0.2) is 12.6 Å². The molecular weight excluding hydrogens is 241 g/mol. The Bertz CT molecular complexity index is 176. The molecule has 0 aliphatic carbocycles. The standard InChI is InChI=1S/C7H9NO.HI/c1-2-7-6(8-4-1)3-5-9-7;/h1-2,4,6,8H,3,5H2;1H. The Morgan fingerprint density at radius 2 is 2.50 bits per heavy atom. The summed E-state index contributed by atoms with van der Waals surface area (Å²) in [5.74, 6) is 1.09. The van der Waals surface area contributed by atoms with Gasteiger partial charge in [-0.1, -0.05) is 0 Å². The van der Waals surface area contributed by atoms with Crippen molar-refractivity contribution in [2.75, 3.05) is 6.61 Å². The number of allylic oxidation sites excluding steroid dienone is 2. The van der Waals surface area contributed by atoms with E-state index < -0.39 is 0 Å². The van der Waals surface area contributed by atoms with Crippen molar-refractivity contribution >= 4 is 24.0 Å². The summed E-state index contributed by atoms with van der Waals surface area (Å²) >= 11 is 0. The number of dihydropyridines is 1. The lowest BCUT2D eigenvalue weighted by atomic mass is 10.2. The molecule has 0 bridgehead atoms. The molecule has 0 aromatic heterocycles. The Morgan fingerprint density at radius 1 is 1.60 bits per heavy atom. The van der Waals surface area contributed by atoms with Gasteiger partial charge in [0.1, 0.15) is 5.76 Å². The maximum atomic E-state index is 5.30. The van der Waals surface area contributed by atoms with E-state index in [1.165, 1.54) is 0 Å². The summed E-state index contributed by atoms with van der Waals surface area (Å²) in [7, 11) is 0. The number of hydrogen-bond acceptors (Lipinski definition) is 2. The van der Waals surface area contributed by atoms with Crippen LogP contribution in [0, 0.1) is 0 Å². The second-order valence-corrected chi connectivity index (χ2v) is 2.28. The first-order chi connectivity index (χ1) is 4.47. The van der Waals surface area contributed by atoms with Crippen LogP contribution in [0.25, 0.3) is 0 Å². The predicted octanol–water partition coefficient (Wildman–Crippen LogP) is 1.39. The average molecular weight is 251 g/mol. The van der Waals surface area contributed by atoms with Crippen LogP contribution in [0.3, 0.4) is 0 Å². The van der Waals surface area contributed by atoms with Gasteiger partial charge in [0.2, 0.25) is 0 Å². The Balaban J connectivity index is 0.000000500. The monoisotopic (exact) mass is 251 g/mol. The van der Waals surface area contributed by atoms with E-state index in [1.54, 1.807) is 0 Å². The smallest absolute Gasteiger partial charge is 0.118 e. The average Bonchev–Trinajstić information content (AvgIpc) is 2.33. The summed E-state index contributed by atoms with van der Waals surface area (Å²) in [6, 6.07) is 0.468. The third-order valence-corrected chi connectivity index (χ3v) is 1.67. The molecule has 0 aromatic carbocycles. The maximum Gasteiger partial charge on any atom is 0.118 e. The molecule has 1 unspecified atom stereocenters. The zero-order valence-corrected chi connectivity index (χ0v) is 7.87. The number of ether oxygens (including phenoxy) is 1. The van der Waals surface area contributed by atoms with E-state index in [-0.39, 0.29) is 24.0 Å². The molecule has 1 atom stereocenters. The van der Waals surface area contributed by atoms with Crippen LogP contribution in [0.2, 0.25) is 0 Å². The molecule has 2 aliphatic heterocycles. The van der Waals surface area contributed by atoms with Gasteiger partial charge in [0.25, 0.3) is 0 Å². The van der Waals surface area contributed by atoms with E-state index in [9.17, 15) is 0 Å². The Kier molecular flexibility index (Phi) is 2.59. The lowest BCUT2D eigenvalue weighted by Gasteiger charge is -2.12. The van der Waals surface area contributed by atoms with Crippen molar-refractivity contribution in [2.45, 2.75) is 12.5 Å². The van der Waals surface area contributed by atoms with E-state index in [2.05, 4.69) is 5.32 Å². The van der Waals surface area contributed by atoms with Gasteiger partial charge in [-0.15, -0.1) is 24.0 Å². The molecule has 2 nitrogen and oxygen atoms in total. The lowest BCUT2D eigenvalue weighted by Crippen LogP contribution is -2.24. The number of nitrogens with one attached hydrogen (secondary N) is 1. The molecule has 1 saturated heterocycles. The first-order valence-electron chi connectivity index (χ1n) is 3.22. The Morgan fingerprint density at radius 3 is 3.30 bits per heavy atom. The maximum absolute atomic E-state index is 5.30. The normalized spacial score (nSPS) is 27.2. The van der Waals surface area contributed by atoms with Crippen molar-refractivity contribution in [1.29, 1.82) is 0 Å². The highest BCUT2D eigenvalue weighted by Gasteiger charge is 2.21. The van der Waals surface area contributed by atoms with Crippen LogP contribution in [0.5, 0.6) is 0 Å². The third-order valence-electron chi connectivity index (χ3n) is 1.67. The largest absolute Gasteiger partial charge is 0.496 e. The van der Waals surface area contributed by atoms with Gasteiger partial charge in [-0.2, -0.15) is 0 Å². The van der Waals surface area contributed by atoms with Gasteiger partial charge < -0.3 is 10.1 Å². The van der Waals surface area contributed by atoms with E-state index in [1.807, 2.05) is 18.4 Å². The van der Waals surface area contributed by atoms with E-state index in [0.29, 0.717) is 6.04 Å². The van der Waals surface area contributed by atoms with Crippen LogP contribution >= 0.6 is 24.0 Å². The molecule has 2 heterocycles. The van der Waals surface area contributed by atoms with Gasteiger partial charge in [-0.25, -0.2) is 0 Å². The molecule has 3 heteroatoms. The Labute approximate surface area is 77.3 Å². The van der Waals surface area contributed by atoms with E-state index in [4.69, 9.17) is 4.74 Å². The molecule has 0 amide bonds. The second kappa shape index (κ2) is 3.27. The minimum absolute atomic E-state index is 0. The van der Waals surface area contributed by atoms with Gasteiger partial charge >= 0.3 is 0 Å². The fourth-order valence-corrected chi connectivity index (χ4v) is 1.18. The summed E-state index contributed by atoms with van der Waals surface area (Å²) in [6.07, 6.45) is 7.06. The quantitative estimate of drug-likeness (QED) is 0.657. The van der Waals surface area contributed by atoms with Crippen molar-refractivity contribution in [3.63, 3.8) is 0 Å². The highest BCUT2D eigenvalue weighted by atomic mass is 127. The number of hydrogen-bond donors (Lipinski definition) is 1. The van der Waals surface area contributed by atoms with E-state index >= 15 is 0 Å². The second-order valence-electron chi connectivity index (χ2n) is 2.28. The zero-order valence-electron chi connectivity index (χ0n) is 5.54. The van der Waals surface area contributed by atoms with Gasteiger partial charge in [-0.3, -0.25) is 0 Å². The molecule has 0 saturated carbocycles. The van der Waals surface area contributed by atoms with Crippen molar-refractivity contribution in [2.24, 2.45) is 0 Å². The van der Waals surface area contributed by atoms with Gasteiger partial charge in [0.15, 0.2) is 0 Å². The van der Waals surface area contributed by atoms with Crippen LogP contribution in [0.1, 0.15) is 6.42 Å². The molecule has 2 aliphatic rings. The number of halogens is 1. The Hall–Kier alpha value is -0.190. The zero-order chi connectivity index (χ0) is 6.10. The van der Waals surface area contributed by atoms with Gasteiger partial charge in [0.05, 0.1) is 12.6 Å². The van der Waals surface area contributed by atoms with Crippen molar-refractivity contribution < 1.29 is 4.74 Å². The molecular formula is C7H10INO. The topological polar surface area (TPSA) is 21.3 Å². The first kappa shape index (κ1) is 7.91. The van der Waals surface area contributed by atoms with Crippen molar-refractivity contribution in [3.8, 4) is 0 Å². The predicted molar refractivity (Wildman–Crippen MR) is 50.1 cm³/mol. The van der Waals surface area contributed by atoms with Crippen LogP contribution < -0.4 is 5.32 Å². The third kappa shape index (κ3) is 1.28. The first-order valence-corrected chi connectivity index (χ1v) is 3.22. The van der Waals surface area contributed by atoms with Crippen molar-refractivity contribution in [3.05, 3.63) is 24.1 Å². The molecule has 0 radical (unpaired) electrons. The molecule has 1 fully saturated rings. The van der Waals surface area contributed by atoms with Crippen molar-refractivity contribution in [1.82, 2.24) is 5.32 Å². The molecule has 1 N–H and O–H groups in total. The molecule has 0 spiro atoms. The number of fused-ring (bicyclic) bond motifs is 1. The minimum Gasteiger partial charge on any atom is -0.496 e. The summed E-state index contributed by atoms with van der Waals surface area (Å²) in [6.45, 7) is 0.866. The van der Waals surface area contributed by atoms with Crippen LogP contribution in [-0.2, 0) is 4.74 Å². The fourth-order valence-electron chi connectivity index (χ4n) is 1.18. The SMILES string of the molecule is C1=CNC2CCOC2=C1.I. The highest BCUT2D eigenvalue weighted by molar-refractivity contribution is 14.0. The molecule has 2 rings (SSSR count).